The summed E-state index contributed by atoms with van der Waals surface area (Å²) in [5.41, 5.74) is 2.17. The largest absolute Gasteiger partial charge is 0.416 e. The lowest BCUT2D eigenvalue weighted by molar-refractivity contribution is -0.137. The number of amides is 1. The van der Waals surface area contributed by atoms with Crippen molar-refractivity contribution >= 4 is 28.9 Å². The van der Waals surface area contributed by atoms with Gasteiger partial charge in [0.1, 0.15) is 18.0 Å². The summed E-state index contributed by atoms with van der Waals surface area (Å²) < 4.78 is 42.5. The van der Waals surface area contributed by atoms with Gasteiger partial charge in [-0.2, -0.15) is 23.0 Å². The van der Waals surface area contributed by atoms with Gasteiger partial charge in [0.25, 0.3) is 5.91 Å². The van der Waals surface area contributed by atoms with Crippen LogP contribution in [-0.4, -0.2) is 51.7 Å². The van der Waals surface area contributed by atoms with Gasteiger partial charge < -0.3 is 20.9 Å². The number of alkyl halides is 3. The molecule has 0 spiro atoms. The first-order valence-corrected chi connectivity index (χ1v) is 12.5. The van der Waals surface area contributed by atoms with Gasteiger partial charge in [-0.1, -0.05) is 6.07 Å². The number of nitrogens with zero attached hydrogens (tertiary/aromatic N) is 5. The van der Waals surface area contributed by atoms with E-state index in [-0.39, 0.29) is 11.6 Å². The van der Waals surface area contributed by atoms with Crippen molar-refractivity contribution < 1.29 is 18.0 Å². The molecule has 1 amide bonds. The molecule has 2 aromatic carbocycles. The second kappa shape index (κ2) is 11.3. The standard InChI is InChI=1S/C28H31F3N8O/c1-16-7-8-22(35-27(40)20-10-19(18(3)38(5)6)11-21(12-20)28(29,30)31)13-23(16)36-26-9-17(2)37-39(26)25-14-24(32-4)33-15-34-25/h7-15,18,36H,1-6H3,(H,35,40)(H,32,33,34)/t18-/m0/s1. The van der Waals surface area contributed by atoms with E-state index in [9.17, 15) is 18.0 Å². The molecule has 2 heterocycles. The Morgan fingerprint density at radius 3 is 2.45 bits per heavy atom. The number of halogens is 3. The Morgan fingerprint density at radius 2 is 1.77 bits per heavy atom. The van der Waals surface area contributed by atoms with Crippen molar-refractivity contribution in [1.82, 2.24) is 24.6 Å². The van der Waals surface area contributed by atoms with Crippen LogP contribution in [0, 0.1) is 13.8 Å². The molecule has 3 N–H and O–H groups in total. The number of carbonyl (C=O) groups excluding carboxylic acids is 1. The highest BCUT2D eigenvalue weighted by molar-refractivity contribution is 6.04. The van der Waals surface area contributed by atoms with E-state index in [1.54, 1.807) is 61.9 Å². The van der Waals surface area contributed by atoms with Gasteiger partial charge in [0.15, 0.2) is 5.82 Å². The average molecular weight is 553 g/mol. The number of carbonyl (C=O) groups is 1. The molecule has 210 valence electrons. The van der Waals surface area contributed by atoms with Crippen LogP contribution in [0.2, 0.25) is 0 Å². The van der Waals surface area contributed by atoms with Crippen LogP contribution in [0.25, 0.3) is 5.82 Å². The van der Waals surface area contributed by atoms with Gasteiger partial charge >= 0.3 is 6.18 Å². The zero-order valence-corrected chi connectivity index (χ0v) is 23.1. The molecule has 1 atom stereocenters. The van der Waals surface area contributed by atoms with Crippen molar-refractivity contribution in [3.63, 3.8) is 0 Å². The molecule has 2 aromatic heterocycles. The summed E-state index contributed by atoms with van der Waals surface area (Å²) in [5, 5.41) is 13.6. The predicted octanol–water partition coefficient (Wildman–Crippen LogP) is 5.96. The fraction of sp³-hybridized carbons (Fsp3) is 0.286. The molecule has 9 nitrogen and oxygen atoms in total. The maximum absolute atomic E-state index is 13.6. The van der Waals surface area contributed by atoms with Crippen LogP contribution in [0.3, 0.4) is 0 Å². The van der Waals surface area contributed by atoms with Crippen LogP contribution >= 0.6 is 0 Å². The summed E-state index contributed by atoms with van der Waals surface area (Å²) in [6.07, 6.45) is -3.15. The number of hydrogen-bond acceptors (Lipinski definition) is 7. The Bertz CT molecular complexity index is 1530. The third kappa shape index (κ3) is 6.40. The zero-order chi connectivity index (χ0) is 29.2. The molecular formula is C28H31F3N8O. The average Bonchev–Trinajstić information content (AvgIpc) is 3.29. The van der Waals surface area contributed by atoms with E-state index in [2.05, 4.69) is 31.0 Å². The minimum atomic E-state index is -4.59. The summed E-state index contributed by atoms with van der Waals surface area (Å²) in [5.74, 6) is 1.16. The number of benzene rings is 2. The SMILES string of the molecule is CNc1cc(-n2nc(C)cc2Nc2cc(NC(=O)c3cc([C@H](C)N(C)C)cc(C(F)(F)F)c3)ccc2C)ncn1. The van der Waals surface area contributed by atoms with Gasteiger partial charge in [0, 0.05) is 42.2 Å². The summed E-state index contributed by atoms with van der Waals surface area (Å²) in [7, 11) is 5.29. The molecule has 0 unspecified atom stereocenters. The van der Waals surface area contributed by atoms with Crippen LogP contribution in [-0.2, 0) is 6.18 Å². The highest BCUT2D eigenvalue weighted by Crippen LogP contribution is 2.33. The fourth-order valence-corrected chi connectivity index (χ4v) is 4.02. The molecular weight excluding hydrogens is 521 g/mol. The lowest BCUT2D eigenvalue weighted by Crippen LogP contribution is -2.20. The number of nitrogens with one attached hydrogen (secondary N) is 3. The minimum Gasteiger partial charge on any atom is -0.373 e. The molecule has 0 radical (unpaired) electrons. The Balaban J connectivity index is 1.63. The smallest absolute Gasteiger partial charge is 0.373 e. The maximum Gasteiger partial charge on any atom is 0.416 e. The quantitative estimate of drug-likeness (QED) is 0.248. The Labute approximate surface area is 230 Å². The first-order valence-electron chi connectivity index (χ1n) is 12.5. The molecule has 0 saturated heterocycles. The van der Waals surface area contributed by atoms with E-state index in [1.165, 1.54) is 12.4 Å². The number of anilines is 4. The summed E-state index contributed by atoms with van der Waals surface area (Å²) in [6.45, 7) is 5.53. The highest BCUT2D eigenvalue weighted by Gasteiger charge is 2.32. The lowest BCUT2D eigenvalue weighted by atomic mass is 9.99. The molecule has 0 aliphatic heterocycles. The fourth-order valence-electron chi connectivity index (χ4n) is 4.02. The van der Waals surface area contributed by atoms with Crippen molar-refractivity contribution in [3.8, 4) is 5.82 Å². The third-order valence-electron chi connectivity index (χ3n) is 6.52. The first-order chi connectivity index (χ1) is 18.8. The van der Waals surface area contributed by atoms with Crippen LogP contribution in [0.1, 0.15) is 45.7 Å². The van der Waals surface area contributed by atoms with Gasteiger partial charge in [0.2, 0.25) is 0 Å². The molecule has 0 fully saturated rings. The van der Waals surface area contributed by atoms with Crippen molar-refractivity contribution in [2.75, 3.05) is 37.1 Å². The van der Waals surface area contributed by atoms with Gasteiger partial charge in [-0.15, -0.1) is 0 Å². The number of aryl methyl sites for hydroxylation is 2. The Morgan fingerprint density at radius 1 is 1.02 bits per heavy atom. The van der Waals surface area contributed by atoms with E-state index in [4.69, 9.17) is 0 Å². The second-order valence-corrected chi connectivity index (χ2v) is 9.68. The van der Waals surface area contributed by atoms with Crippen molar-refractivity contribution in [2.45, 2.75) is 33.0 Å². The molecule has 0 aliphatic rings. The van der Waals surface area contributed by atoms with E-state index in [0.29, 0.717) is 34.4 Å². The molecule has 12 heteroatoms. The summed E-state index contributed by atoms with van der Waals surface area (Å²) >= 11 is 0. The van der Waals surface area contributed by atoms with Crippen molar-refractivity contribution in [1.29, 1.82) is 0 Å². The lowest BCUT2D eigenvalue weighted by Gasteiger charge is -2.22. The molecule has 0 aliphatic carbocycles. The molecule has 40 heavy (non-hydrogen) atoms. The highest BCUT2D eigenvalue weighted by atomic mass is 19.4. The van der Waals surface area contributed by atoms with Gasteiger partial charge in [-0.05, 0) is 76.3 Å². The Kier molecular flexibility index (Phi) is 8.10. The van der Waals surface area contributed by atoms with Gasteiger partial charge in [-0.25, -0.2) is 9.97 Å². The summed E-state index contributed by atoms with van der Waals surface area (Å²) in [6, 6.07) is 11.9. The second-order valence-electron chi connectivity index (χ2n) is 9.68. The number of aromatic nitrogens is 4. The van der Waals surface area contributed by atoms with Crippen molar-refractivity contribution in [2.24, 2.45) is 0 Å². The van der Waals surface area contributed by atoms with Crippen LogP contribution in [0.15, 0.2) is 54.9 Å². The minimum absolute atomic E-state index is 0.0774. The third-order valence-corrected chi connectivity index (χ3v) is 6.52. The van der Waals surface area contributed by atoms with Gasteiger partial charge in [0.05, 0.1) is 11.3 Å². The van der Waals surface area contributed by atoms with Crippen LogP contribution in [0.4, 0.5) is 36.2 Å². The zero-order valence-electron chi connectivity index (χ0n) is 23.1. The summed E-state index contributed by atoms with van der Waals surface area (Å²) in [4.78, 5) is 23.4. The monoisotopic (exact) mass is 552 g/mol. The van der Waals surface area contributed by atoms with E-state index < -0.39 is 17.6 Å². The predicted molar refractivity (Wildman–Crippen MR) is 149 cm³/mol. The molecule has 0 saturated carbocycles. The van der Waals surface area contributed by atoms with Crippen LogP contribution < -0.4 is 16.0 Å². The molecule has 4 rings (SSSR count). The Hall–Kier alpha value is -4.45. The normalized spacial score (nSPS) is 12.3. The first kappa shape index (κ1) is 28.6. The maximum atomic E-state index is 13.6. The topological polar surface area (TPSA) is 100 Å². The van der Waals surface area contributed by atoms with Gasteiger partial charge in [-0.3, -0.25) is 4.79 Å². The number of hydrogen-bond donors (Lipinski definition) is 3. The van der Waals surface area contributed by atoms with E-state index in [1.807, 2.05) is 19.9 Å². The van der Waals surface area contributed by atoms with E-state index in [0.717, 1.165) is 23.4 Å². The molecule has 0 bridgehead atoms. The van der Waals surface area contributed by atoms with E-state index >= 15 is 0 Å². The number of rotatable bonds is 8. The van der Waals surface area contributed by atoms with Crippen LogP contribution in [0.5, 0.6) is 0 Å². The molecule has 4 aromatic rings. The van der Waals surface area contributed by atoms with Crippen molar-refractivity contribution in [3.05, 3.63) is 82.8 Å².